The molecule has 0 aliphatic heterocycles. The summed E-state index contributed by atoms with van der Waals surface area (Å²) in [7, 11) is 0. The van der Waals surface area contributed by atoms with Gasteiger partial charge in [0, 0.05) is 22.1 Å². The number of esters is 4. The summed E-state index contributed by atoms with van der Waals surface area (Å²) in [6.45, 7) is 19.5. The monoisotopic (exact) mass is 1170 g/mol. The Hall–Kier alpha value is -7.22. The summed E-state index contributed by atoms with van der Waals surface area (Å²) in [6, 6.07) is 28.0. The van der Waals surface area contributed by atoms with Crippen LogP contribution in [0.5, 0.6) is 0 Å². The zero-order chi connectivity index (χ0) is 61.0. The number of rotatable bonds is 23. The molecule has 81 heavy (non-hydrogen) atoms. The van der Waals surface area contributed by atoms with Gasteiger partial charge in [0.25, 0.3) is 0 Å². The Morgan fingerprint density at radius 1 is 0.531 bits per heavy atom. The van der Waals surface area contributed by atoms with Gasteiger partial charge in [0.05, 0.1) is 39.3 Å². The van der Waals surface area contributed by atoms with E-state index in [4.69, 9.17) is 62.5 Å². The number of halogens is 2. The van der Waals surface area contributed by atoms with Crippen LogP contribution in [0, 0.1) is 0 Å². The molecule has 0 spiro atoms. The number of aliphatic carboxylic acids is 1. The molecule has 21 heteroatoms. The van der Waals surface area contributed by atoms with Crippen molar-refractivity contribution in [3.8, 4) is 22.3 Å². The second-order valence-electron chi connectivity index (χ2n) is 20.3. The number of hydrogen-bond donors (Lipinski definition) is 3. The van der Waals surface area contributed by atoms with E-state index in [1.165, 1.54) is 13.8 Å². The number of carbonyl (C=O) groups excluding carboxylic acids is 7. The Balaban J connectivity index is 0.000000459. The number of nitrogens with two attached hydrogens (primary N) is 1. The molecule has 4 rings (SSSR count). The van der Waals surface area contributed by atoms with Gasteiger partial charge in [-0.25, -0.2) is 14.4 Å². The first-order valence-corrected chi connectivity index (χ1v) is 27.3. The predicted octanol–water partition coefficient (Wildman–Crippen LogP) is 10.3. The largest absolute Gasteiger partial charge is 0.480 e. The van der Waals surface area contributed by atoms with Gasteiger partial charge in [-0.1, -0.05) is 96.0 Å². The van der Waals surface area contributed by atoms with Crippen molar-refractivity contribution in [2.75, 3.05) is 39.5 Å². The number of ether oxygens (including phenoxy) is 6. The lowest BCUT2D eigenvalue weighted by atomic mass is 9.99. The molecule has 0 heterocycles. The minimum Gasteiger partial charge on any atom is -0.480 e. The van der Waals surface area contributed by atoms with E-state index in [-0.39, 0.29) is 44.7 Å². The van der Waals surface area contributed by atoms with Crippen molar-refractivity contribution in [2.24, 2.45) is 5.73 Å². The third-order valence-electron chi connectivity index (χ3n) is 11.1. The summed E-state index contributed by atoms with van der Waals surface area (Å²) in [4.78, 5) is 98.2. The van der Waals surface area contributed by atoms with Crippen LogP contribution in [0.25, 0.3) is 22.3 Å². The lowest BCUT2D eigenvalue weighted by molar-refractivity contribution is -0.149. The molecule has 0 aliphatic carbocycles. The summed E-state index contributed by atoms with van der Waals surface area (Å²) in [5.74, 6) is -3.84. The fourth-order valence-electron chi connectivity index (χ4n) is 7.34. The van der Waals surface area contributed by atoms with Crippen LogP contribution >= 0.6 is 23.2 Å². The highest BCUT2D eigenvalue weighted by atomic mass is 35.5. The number of carbonyl (C=O) groups is 8. The van der Waals surface area contributed by atoms with Crippen molar-refractivity contribution in [1.82, 2.24) is 15.1 Å². The maximum absolute atomic E-state index is 13.3. The molecule has 19 nitrogen and oxygen atoms in total. The van der Waals surface area contributed by atoms with Crippen LogP contribution in [0.3, 0.4) is 0 Å². The molecule has 0 aromatic heterocycles. The lowest BCUT2D eigenvalue weighted by Gasteiger charge is -2.31. The van der Waals surface area contributed by atoms with Crippen LogP contribution in [0.15, 0.2) is 97.1 Å². The molecule has 0 aliphatic rings. The quantitative estimate of drug-likeness (QED) is 0.0461. The summed E-state index contributed by atoms with van der Waals surface area (Å²) in [5, 5.41) is 13.1. The normalized spacial score (nSPS) is 12.4. The van der Waals surface area contributed by atoms with Crippen LogP contribution in [0.2, 0.25) is 10.0 Å². The molecular formula is C60H80Cl2N4O15. The molecular weight excluding hydrogens is 1090 g/mol. The maximum Gasteiger partial charge on any atom is 0.411 e. The number of nitrogens with one attached hydrogen (secondary N) is 1. The third kappa shape index (κ3) is 27.7. The summed E-state index contributed by atoms with van der Waals surface area (Å²) >= 11 is 12.1. The van der Waals surface area contributed by atoms with E-state index < -0.39 is 84.4 Å². The molecule has 0 radical (unpaired) electrons. The Kier molecular flexibility index (Phi) is 30.0. The van der Waals surface area contributed by atoms with Crippen molar-refractivity contribution in [3.63, 3.8) is 0 Å². The zero-order valence-corrected chi connectivity index (χ0v) is 50.0. The molecule has 0 fully saturated rings. The summed E-state index contributed by atoms with van der Waals surface area (Å²) in [5.41, 5.74) is 10.5. The highest BCUT2D eigenvalue weighted by Crippen LogP contribution is 2.25. The Bertz CT molecular complexity index is 2670. The van der Waals surface area contributed by atoms with Crippen LogP contribution in [0.4, 0.5) is 9.59 Å². The van der Waals surface area contributed by atoms with Gasteiger partial charge in [0.15, 0.2) is 0 Å². The van der Waals surface area contributed by atoms with Crippen molar-refractivity contribution < 1.29 is 71.9 Å². The molecule has 0 bridgehead atoms. The Morgan fingerprint density at radius 2 is 0.901 bits per heavy atom. The van der Waals surface area contributed by atoms with E-state index in [1.54, 1.807) is 75.3 Å². The third-order valence-corrected chi connectivity index (χ3v) is 11.6. The van der Waals surface area contributed by atoms with E-state index in [0.717, 1.165) is 48.2 Å². The van der Waals surface area contributed by atoms with Gasteiger partial charge < -0.3 is 44.6 Å². The predicted molar refractivity (Wildman–Crippen MR) is 309 cm³/mol. The van der Waals surface area contributed by atoms with E-state index in [2.05, 4.69) is 5.32 Å². The van der Waals surface area contributed by atoms with Gasteiger partial charge in [-0.3, -0.25) is 33.8 Å². The van der Waals surface area contributed by atoms with Gasteiger partial charge in [-0.2, -0.15) is 0 Å². The number of hydrogen-bond acceptors (Lipinski definition) is 15. The van der Waals surface area contributed by atoms with Crippen molar-refractivity contribution in [1.29, 1.82) is 0 Å². The number of carboxylic acid groups (broad SMARTS) is 1. The first kappa shape index (κ1) is 69.9. The average molecular weight is 1170 g/mol. The minimum absolute atomic E-state index is 0.0767. The van der Waals surface area contributed by atoms with Gasteiger partial charge >= 0.3 is 42.0 Å². The lowest BCUT2D eigenvalue weighted by Crippen LogP contribution is -2.53. The second kappa shape index (κ2) is 34.8. The first-order chi connectivity index (χ1) is 38.0. The molecule has 4 atom stereocenters. The second-order valence-corrected chi connectivity index (χ2v) is 21.2. The fourth-order valence-corrected chi connectivity index (χ4v) is 7.72. The average Bonchev–Trinajstić information content (AvgIpc) is 3.39. The molecule has 0 saturated heterocycles. The van der Waals surface area contributed by atoms with Crippen LogP contribution in [-0.2, 0) is 70.0 Å². The molecule has 4 aromatic rings. The van der Waals surface area contributed by atoms with Crippen molar-refractivity contribution in [2.45, 2.75) is 144 Å². The minimum atomic E-state index is -1.23. The molecule has 4 N–H and O–H groups in total. The maximum atomic E-state index is 13.3. The van der Waals surface area contributed by atoms with Crippen LogP contribution < -0.4 is 11.1 Å². The summed E-state index contributed by atoms with van der Waals surface area (Å²) in [6.07, 6.45) is -0.556. The number of benzene rings is 4. The molecule has 444 valence electrons. The molecule has 4 aromatic carbocycles. The number of carboxylic acids is 1. The van der Waals surface area contributed by atoms with Gasteiger partial charge in [0.1, 0.15) is 36.4 Å². The Morgan fingerprint density at radius 3 is 1.27 bits per heavy atom. The topological polar surface area (TPSA) is 257 Å². The number of amides is 3. The van der Waals surface area contributed by atoms with Gasteiger partial charge in [0.2, 0.25) is 5.91 Å². The van der Waals surface area contributed by atoms with E-state index in [1.807, 2.05) is 91.0 Å². The Labute approximate surface area is 486 Å². The zero-order valence-electron chi connectivity index (χ0n) is 48.5. The highest BCUT2D eigenvalue weighted by Gasteiger charge is 2.34. The smallest absolute Gasteiger partial charge is 0.411 e. The van der Waals surface area contributed by atoms with E-state index in [0.29, 0.717) is 24.5 Å². The van der Waals surface area contributed by atoms with Crippen molar-refractivity contribution in [3.05, 3.63) is 118 Å². The van der Waals surface area contributed by atoms with Gasteiger partial charge in [-0.15, -0.1) is 0 Å². The molecule has 3 amide bonds. The van der Waals surface area contributed by atoms with E-state index in [9.17, 15) is 38.4 Å². The SMILES string of the molecule is CCOC(=O)CN(C(=O)OC(C)(C)C)C(C)C(=O)O.CCOC(=O)C[C@@H](Cc1ccc(-c2cccc(Cl)c2)cc1)NC(=O)C(C)N(CC(=O)OCC)C(=O)OC(C)(C)C.CCOC(=O)C[C@H](N)Cc1ccc(-c2cccc(Cl)c2)cc1. The molecule has 2 unspecified atom stereocenters. The first-order valence-electron chi connectivity index (χ1n) is 26.6. The van der Waals surface area contributed by atoms with Crippen LogP contribution in [0.1, 0.15) is 107 Å². The summed E-state index contributed by atoms with van der Waals surface area (Å²) < 4.78 is 30.2. The standard InChI is InChI=1S/C30H39ClN2O7.C18H20ClNO2.C12H21NO6/c1-7-38-26(34)18-25(16-21-12-14-22(15-13-21)23-10-9-11-24(31)17-23)32-28(36)20(3)33(19-27(35)39-8-2)29(37)40-30(4,5)6;1-2-22-18(21)12-17(20)10-13-6-8-14(9-7-13)15-4-3-5-16(19)11-15;1-6-18-9(14)7-13(8(2)10(15)16)11(17)19-12(3,4)5/h9-15,17,20,25H,7-8,16,18-19H2,1-6H3,(H,32,36);3-9,11,17H,2,10,12,20H2,1H3;8H,6-7H2,1-5H3,(H,15,16)/t20?,25-;17-;/m11./s1. The number of nitrogens with zero attached hydrogens (tertiary/aromatic N) is 2. The molecule has 0 saturated carbocycles. The highest BCUT2D eigenvalue weighted by molar-refractivity contribution is 6.31. The van der Waals surface area contributed by atoms with Crippen molar-refractivity contribution >= 4 is 71.1 Å². The van der Waals surface area contributed by atoms with Gasteiger partial charge in [-0.05, 0) is 154 Å². The van der Waals surface area contributed by atoms with Crippen LogP contribution in [-0.4, -0.2) is 138 Å². The fraction of sp³-hybridized carbons (Fsp3) is 0.467. The van der Waals surface area contributed by atoms with E-state index >= 15 is 0 Å².